The summed E-state index contributed by atoms with van der Waals surface area (Å²) in [7, 11) is 1.86. The van der Waals surface area contributed by atoms with Crippen LogP contribution in [-0.2, 0) is 6.42 Å². The lowest BCUT2D eigenvalue weighted by molar-refractivity contribution is 0.381. The molecule has 1 atom stereocenters. The summed E-state index contributed by atoms with van der Waals surface area (Å²) in [6.07, 6.45) is 2.75. The number of nitrogens with one attached hydrogen (secondary N) is 1. The maximum Gasteiger partial charge on any atom is 0.193 e. The molecule has 0 saturated carbocycles. The Labute approximate surface area is 142 Å². The fraction of sp³-hybridized carbons (Fsp3) is 0.625. The van der Waals surface area contributed by atoms with Crippen molar-refractivity contribution in [1.29, 1.82) is 0 Å². The van der Waals surface area contributed by atoms with Gasteiger partial charge in [-0.15, -0.1) is 0 Å². The molecule has 1 aliphatic rings. The predicted octanol–water partition coefficient (Wildman–Crippen LogP) is 2.93. The first-order valence-electron chi connectivity index (χ1n) is 7.77. The van der Waals surface area contributed by atoms with E-state index in [0.29, 0.717) is 16.3 Å². The number of aliphatic imine (C=N–C) groups is 1. The number of guanidine groups is 1. The zero-order chi connectivity index (χ0) is 15.9. The van der Waals surface area contributed by atoms with Gasteiger partial charge in [-0.2, -0.15) is 11.8 Å². The molecule has 1 unspecified atom stereocenters. The molecule has 1 fully saturated rings. The van der Waals surface area contributed by atoms with Crippen LogP contribution in [0, 0.1) is 5.92 Å². The third-order valence-corrected chi connectivity index (χ3v) is 5.60. The predicted molar refractivity (Wildman–Crippen MR) is 97.0 cm³/mol. The molecule has 0 radical (unpaired) electrons. The summed E-state index contributed by atoms with van der Waals surface area (Å²) in [5.41, 5.74) is 1.18. The molecule has 1 aromatic heterocycles. The minimum absolute atomic E-state index is 0.540. The normalized spacial score (nSPS) is 19.6. The molecule has 1 N–H and O–H groups in total. The van der Waals surface area contributed by atoms with Crippen LogP contribution in [0.3, 0.4) is 0 Å². The third kappa shape index (κ3) is 5.06. The summed E-state index contributed by atoms with van der Waals surface area (Å²) in [5.74, 6) is 2.88. The minimum Gasteiger partial charge on any atom is -0.356 e. The minimum atomic E-state index is 0.540. The van der Waals surface area contributed by atoms with Crippen molar-refractivity contribution < 1.29 is 0 Å². The summed E-state index contributed by atoms with van der Waals surface area (Å²) in [6.45, 7) is 7.59. The van der Waals surface area contributed by atoms with Crippen molar-refractivity contribution in [2.75, 3.05) is 32.4 Å². The van der Waals surface area contributed by atoms with E-state index in [-0.39, 0.29) is 0 Å². The number of aromatic nitrogens is 1. The van der Waals surface area contributed by atoms with Gasteiger partial charge in [0, 0.05) is 43.9 Å². The number of halogens is 1. The summed E-state index contributed by atoms with van der Waals surface area (Å²) in [5, 5.41) is 4.70. The molecule has 1 aliphatic heterocycles. The van der Waals surface area contributed by atoms with Crippen LogP contribution < -0.4 is 5.32 Å². The van der Waals surface area contributed by atoms with Crippen LogP contribution >= 0.6 is 23.4 Å². The molecule has 122 valence electrons. The van der Waals surface area contributed by atoms with Gasteiger partial charge in [0.15, 0.2) is 5.96 Å². The molecule has 2 rings (SSSR count). The van der Waals surface area contributed by atoms with Crippen molar-refractivity contribution >= 4 is 29.3 Å². The second-order valence-electron chi connectivity index (χ2n) is 5.81. The van der Waals surface area contributed by atoms with E-state index in [4.69, 9.17) is 11.6 Å². The highest BCUT2D eigenvalue weighted by Crippen LogP contribution is 2.24. The highest BCUT2D eigenvalue weighted by molar-refractivity contribution is 8.00. The van der Waals surface area contributed by atoms with Crippen molar-refractivity contribution in [3.05, 3.63) is 29.0 Å². The molecule has 2 heterocycles. The Bertz CT molecular complexity index is 489. The maximum absolute atomic E-state index is 5.80. The average molecular weight is 341 g/mol. The Morgan fingerprint density at radius 1 is 1.55 bits per heavy atom. The number of hydrogen-bond donors (Lipinski definition) is 1. The summed E-state index contributed by atoms with van der Waals surface area (Å²) >= 11 is 7.88. The quantitative estimate of drug-likeness (QED) is 0.520. The van der Waals surface area contributed by atoms with Gasteiger partial charge in [0.05, 0.1) is 0 Å². The fourth-order valence-electron chi connectivity index (χ4n) is 2.48. The smallest absolute Gasteiger partial charge is 0.193 e. The molecule has 0 amide bonds. The van der Waals surface area contributed by atoms with Gasteiger partial charge in [-0.25, -0.2) is 4.98 Å². The molecule has 1 aromatic rings. The van der Waals surface area contributed by atoms with E-state index < -0.39 is 0 Å². The van der Waals surface area contributed by atoms with Crippen LogP contribution in [0.4, 0.5) is 0 Å². The summed E-state index contributed by atoms with van der Waals surface area (Å²) in [4.78, 5) is 10.9. The topological polar surface area (TPSA) is 40.5 Å². The molecule has 0 aliphatic carbocycles. The summed E-state index contributed by atoms with van der Waals surface area (Å²) < 4.78 is 0. The molecule has 1 saturated heterocycles. The van der Waals surface area contributed by atoms with Crippen LogP contribution in [0.15, 0.2) is 23.3 Å². The van der Waals surface area contributed by atoms with Crippen LogP contribution in [0.1, 0.15) is 19.4 Å². The number of nitrogens with zero attached hydrogens (tertiary/aromatic N) is 3. The lowest BCUT2D eigenvalue weighted by Crippen LogP contribution is -2.49. The first-order chi connectivity index (χ1) is 10.6. The zero-order valence-corrected chi connectivity index (χ0v) is 15.1. The Balaban J connectivity index is 1.83. The van der Waals surface area contributed by atoms with Crippen molar-refractivity contribution in [2.24, 2.45) is 10.9 Å². The van der Waals surface area contributed by atoms with Crippen molar-refractivity contribution in [1.82, 2.24) is 15.2 Å². The van der Waals surface area contributed by atoms with Gasteiger partial charge in [-0.1, -0.05) is 31.5 Å². The lowest BCUT2D eigenvalue weighted by atomic mass is 10.1. The van der Waals surface area contributed by atoms with E-state index in [2.05, 4.69) is 45.8 Å². The van der Waals surface area contributed by atoms with Crippen LogP contribution in [-0.4, -0.2) is 53.5 Å². The number of rotatable bonds is 4. The van der Waals surface area contributed by atoms with Crippen LogP contribution in [0.25, 0.3) is 0 Å². The van der Waals surface area contributed by atoms with Crippen molar-refractivity contribution in [3.8, 4) is 0 Å². The Kier molecular flexibility index (Phi) is 6.83. The van der Waals surface area contributed by atoms with Gasteiger partial charge in [0.2, 0.25) is 0 Å². The largest absolute Gasteiger partial charge is 0.356 e. The van der Waals surface area contributed by atoms with Gasteiger partial charge < -0.3 is 10.2 Å². The van der Waals surface area contributed by atoms with E-state index in [9.17, 15) is 0 Å². The zero-order valence-electron chi connectivity index (χ0n) is 13.6. The first-order valence-corrected chi connectivity index (χ1v) is 9.20. The Morgan fingerprint density at radius 2 is 2.36 bits per heavy atom. The van der Waals surface area contributed by atoms with E-state index in [1.165, 1.54) is 11.3 Å². The monoisotopic (exact) mass is 340 g/mol. The summed E-state index contributed by atoms with van der Waals surface area (Å²) in [6, 6.07) is 3.85. The van der Waals surface area contributed by atoms with Crippen LogP contribution in [0.5, 0.6) is 0 Å². The Morgan fingerprint density at radius 3 is 3.00 bits per heavy atom. The average Bonchev–Trinajstić information content (AvgIpc) is 2.53. The highest BCUT2D eigenvalue weighted by atomic mass is 35.5. The van der Waals surface area contributed by atoms with Gasteiger partial charge in [-0.3, -0.25) is 4.99 Å². The third-order valence-electron chi connectivity index (χ3n) is 3.83. The molecule has 6 heteroatoms. The number of hydrogen-bond acceptors (Lipinski definition) is 3. The lowest BCUT2D eigenvalue weighted by Gasteiger charge is -2.36. The van der Waals surface area contributed by atoms with Crippen molar-refractivity contribution in [2.45, 2.75) is 25.5 Å². The van der Waals surface area contributed by atoms with Gasteiger partial charge in [-0.05, 0) is 24.0 Å². The van der Waals surface area contributed by atoms with Gasteiger partial charge in [0.25, 0.3) is 0 Å². The van der Waals surface area contributed by atoms with E-state index in [1.807, 2.05) is 25.4 Å². The maximum atomic E-state index is 5.80. The number of pyridine rings is 1. The number of thioether (sulfide) groups is 1. The Hall–Kier alpha value is -0.940. The molecule has 0 bridgehead atoms. The van der Waals surface area contributed by atoms with Gasteiger partial charge in [0.1, 0.15) is 5.15 Å². The molecular formula is C16H25ClN4S. The SMILES string of the molecule is CN=C(NCCc1ccc(Cl)nc1)N1CCSC(C(C)C)C1. The second-order valence-corrected chi connectivity index (χ2v) is 7.55. The van der Waals surface area contributed by atoms with Crippen molar-refractivity contribution in [3.63, 3.8) is 0 Å². The molecular weight excluding hydrogens is 316 g/mol. The fourth-order valence-corrected chi connectivity index (χ4v) is 3.89. The second kappa shape index (κ2) is 8.63. The van der Waals surface area contributed by atoms with Crippen LogP contribution in [0.2, 0.25) is 5.15 Å². The molecule has 4 nitrogen and oxygen atoms in total. The standard InChI is InChI=1S/C16H25ClN4S/c1-12(2)14-11-21(8-9-22-14)16(18-3)19-7-6-13-4-5-15(17)20-10-13/h4-5,10,12,14H,6-9,11H2,1-3H3,(H,18,19). The van der Waals surface area contributed by atoms with E-state index >= 15 is 0 Å². The molecule has 22 heavy (non-hydrogen) atoms. The van der Waals surface area contributed by atoms with E-state index in [0.717, 1.165) is 32.0 Å². The highest BCUT2D eigenvalue weighted by Gasteiger charge is 2.24. The first kappa shape index (κ1) is 17.4. The molecule has 0 aromatic carbocycles. The van der Waals surface area contributed by atoms with E-state index in [1.54, 1.807) is 0 Å². The molecule has 0 spiro atoms. The van der Waals surface area contributed by atoms with Gasteiger partial charge >= 0.3 is 0 Å².